The van der Waals surface area contributed by atoms with Crippen molar-refractivity contribution in [3.63, 3.8) is 0 Å². The largest absolute Gasteiger partial charge is 0.369 e. The number of aromatic nitrogens is 2. The van der Waals surface area contributed by atoms with Crippen LogP contribution in [0.25, 0.3) is 0 Å². The van der Waals surface area contributed by atoms with Crippen LogP contribution in [0.15, 0.2) is 6.20 Å². The maximum atomic E-state index is 11.6. The lowest BCUT2D eigenvalue weighted by Crippen LogP contribution is -2.23. The van der Waals surface area contributed by atoms with Crippen LogP contribution in [0.5, 0.6) is 0 Å². The van der Waals surface area contributed by atoms with E-state index in [4.69, 9.17) is 5.73 Å². The molecule has 1 aromatic heterocycles. The minimum absolute atomic E-state index is 0.0774. The van der Waals surface area contributed by atoms with E-state index >= 15 is 0 Å². The minimum Gasteiger partial charge on any atom is -0.369 e. The molecule has 0 bridgehead atoms. The number of nitrogens with one attached hydrogen (secondary N) is 1. The first-order chi connectivity index (χ1) is 7.83. The number of sulfone groups is 1. The number of rotatable bonds is 5. The van der Waals surface area contributed by atoms with E-state index in [2.05, 4.69) is 15.3 Å². The number of nitrogens with two attached hydrogens (primary N) is 1. The Bertz CT molecular complexity index is 485. The van der Waals surface area contributed by atoms with E-state index in [9.17, 15) is 8.42 Å². The van der Waals surface area contributed by atoms with Gasteiger partial charge in [-0.2, -0.15) is 4.98 Å². The van der Waals surface area contributed by atoms with Crippen LogP contribution >= 0.6 is 0 Å². The molecule has 0 aromatic carbocycles. The maximum Gasteiger partial charge on any atom is 0.221 e. The van der Waals surface area contributed by atoms with Gasteiger partial charge in [-0.1, -0.05) is 0 Å². The van der Waals surface area contributed by atoms with Gasteiger partial charge in [0.15, 0.2) is 9.84 Å². The van der Waals surface area contributed by atoms with Crippen LogP contribution < -0.4 is 11.1 Å². The highest BCUT2D eigenvalue weighted by Gasteiger charge is 2.15. The molecule has 0 aliphatic rings. The summed E-state index contributed by atoms with van der Waals surface area (Å²) in [4.78, 5) is 7.83. The second kappa shape index (κ2) is 5.31. The number of hydrogen-bond donors (Lipinski definition) is 2. The summed E-state index contributed by atoms with van der Waals surface area (Å²) in [6.07, 6.45) is 1.60. The summed E-state index contributed by atoms with van der Waals surface area (Å²) in [5.74, 6) is 0.829. The van der Waals surface area contributed by atoms with Crippen LogP contribution in [0, 0.1) is 6.92 Å². The molecule has 17 heavy (non-hydrogen) atoms. The molecule has 0 saturated carbocycles. The molecule has 0 saturated heterocycles. The van der Waals surface area contributed by atoms with Gasteiger partial charge in [0.1, 0.15) is 5.82 Å². The smallest absolute Gasteiger partial charge is 0.221 e. The molecule has 0 amide bonds. The van der Waals surface area contributed by atoms with Crippen molar-refractivity contribution in [2.75, 3.05) is 23.3 Å². The molecule has 6 nitrogen and oxygen atoms in total. The van der Waals surface area contributed by atoms with Gasteiger partial charge >= 0.3 is 0 Å². The Hall–Kier alpha value is -1.37. The van der Waals surface area contributed by atoms with Gasteiger partial charge < -0.3 is 11.1 Å². The molecule has 0 unspecified atom stereocenters. The molecule has 1 aromatic rings. The lowest BCUT2D eigenvalue weighted by Gasteiger charge is -2.10. The van der Waals surface area contributed by atoms with Crippen molar-refractivity contribution in [3.05, 3.63) is 11.8 Å². The SMILES string of the molecule is Cc1cnc(N)nc1NCCS(=O)(=O)C(C)C. The molecule has 0 aliphatic carbocycles. The second-order valence-corrected chi connectivity index (χ2v) is 6.78. The van der Waals surface area contributed by atoms with Crippen LogP contribution in [0.2, 0.25) is 0 Å². The first-order valence-electron chi connectivity index (χ1n) is 5.37. The zero-order valence-corrected chi connectivity index (χ0v) is 11.1. The van der Waals surface area contributed by atoms with Crippen LogP contribution in [0.1, 0.15) is 19.4 Å². The average molecular weight is 258 g/mol. The lowest BCUT2D eigenvalue weighted by atomic mass is 10.3. The van der Waals surface area contributed by atoms with Crippen LogP contribution in [-0.2, 0) is 9.84 Å². The van der Waals surface area contributed by atoms with E-state index < -0.39 is 9.84 Å². The van der Waals surface area contributed by atoms with E-state index in [0.29, 0.717) is 12.4 Å². The second-order valence-electron chi connectivity index (χ2n) is 4.10. The summed E-state index contributed by atoms with van der Waals surface area (Å²) < 4.78 is 23.1. The van der Waals surface area contributed by atoms with Gasteiger partial charge in [-0.15, -0.1) is 0 Å². The van der Waals surface area contributed by atoms with Gasteiger partial charge in [0, 0.05) is 18.3 Å². The fourth-order valence-corrected chi connectivity index (χ4v) is 2.04. The zero-order chi connectivity index (χ0) is 13.1. The van der Waals surface area contributed by atoms with Crippen molar-refractivity contribution in [1.82, 2.24) is 9.97 Å². The summed E-state index contributed by atoms with van der Waals surface area (Å²) in [6, 6.07) is 0. The number of aryl methyl sites for hydroxylation is 1. The van der Waals surface area contributed by atoms with Crippen molar-refractivity contribution in [3.8, 4) is 0 Å². The third-order valence-electron chi connectivity index (χ3n) is 2.39. The number of nitrogen functional groups attached to an aromatic ring is 1. The summed E-state index contributed by atoms with van der Waals surface area (Å²) >= 11 is 0. The summed E-state index contributed by atoms with van der Waals surface area (Å²) in [7, 11) is -3.03. The van der Waals surface area contributed by atoms with Crippen LogP contribution in [0.4, 0.5) is 11.8 Å². The van der Waals surface area contributed by atoms with Gasteiger partial charge in [-0.3, -0.25) is 0 Å². The molecule has 0 atom stereocenters. The van der Waals surface area contributed by atoms with Crippen LogP contribution in [0.3, 0.4) is 0 Å². The van der Waals surface area contributed by atoms with E-state index in [0.717, 1.165) is 5.56 Å². The molecule has 1 heterocycles. The monoisotopic (exact) mass is 258 g/mol. The summed E-state index contributed by atoms with van der Waals surface area (Å²) in [6.45, 7) is 5.49. The van der Waals surface area contributed by atoms with E-state index in [1.54, 1.807) is 20.0 Å². The Morgan fingerprint density at radius 3 is 2.71 bits per heavy atom. The Labute approximate surface area is 102 Å². The van der Waals surface area contributed by atoms with Crippen molar-refractivity contribution in [2.24, 2.45) is 0 Å². The van der Waals surface area contributed by atoms with E-state index in [-0.39, 0.29) is 17.0 Å². The molecule has 96 valence electrons. The fourth-order valence-electron chi connectivity index (χ4n) is 1.18. The van der Waals surface area contributed by atoms with Gasteiger partial charge in [-0.05, 0) is 20.8 Å². The highest BCUT2D eigenvalue weighted by Crippen LogP contribution is 2.10. The quantitative estimate of drug-likeness (QED) is 0.802. The van der Waals surface area contributed by atoms with E-state index in [1.807, 2.05) is 6.92 Å². The first-order valence-corrected chi connectivity index (χ1v) is 7.09. The third-order valence-corrected chi connectivity index (χ3v) is 4.60. The Morgan fingerprint density at radius 2 is 2.12 bits per heavy atom. The highest BCUT2D eigenvalue weighted by atomic mass is 32.2. The number of nitrogens with zero attached hydrogens (tertiary/aromatic N) is 2. The first kappa shape index (κ1) is 13.7. The summed E-state index contributed by atoms with van der Waals surface area (Å²) in [5.41, 5.74) is 6.29. The predicted octanol–water partition coefficient (Wildman–Crippen LogP) is 0.602. The molecule has 7 heteroatoms. The molecular weight excluding hydrogens is 240 g/mol. The predicted molar refractivity (Wildman–Crippen MR) is 68.6 cm³/mol. The topological polar surface area (TPSA) is 98.0 Å². The van der Waals surface area contributed by atoms with Crippen molar-refractivity contribution >= 4 is 21.6 Å². The normalized spacial score (nSPS) is 11.8. The van der Waals surface area contributed by atoms with Gasteiger partial charge in [0.2, 0.25) is 5.95 Å². The number of anilines is 2. The highest BCUT2D eigenvalue weighted by molar-refractivity contribution is 7.92. The summed E-state index contributed by atoms with van der Waals surface area (Å²) in [5, 5.41) is 2.59. The fraction of sp³-hybridized carbons (Fsp3) is 0.600. The molecule has 0 spiro atoms. The standard InChI is InChI=1S/C10H18N4O2S/c1-7(2)17(15,16)5-4-12-9-8(3)6-13-10(11)14-9/h6-7H,4-5H2,1-3H3,(H3,11,12,13,14). The van der Waals surface area contributed by atoms with Crippen molar-refractivity contribution in [2.45, 2.75) is 26.0 Å². The molecule has 0 aliphatic heterocycles. The molecule has 1 rings (SSSR count). The molecular formula is C10H18N4O2S. The molecule has 0 radical (unpaired) electrons. The lowest BCUT2D eigenvalue weighted by molar-refractivity contribution is 0.588. The van der Waals surface area contributed by atoms with Crippen molar-refractivity contribution in [1.29, 1.82) is 0 Å². The van der Waals surface area contributed by atoms with Crippen LogP contribution in [-0.4, -0.2) is 35.9 Å². The molecule has 0 fully saturated rings. The average Bonchev–Trinajstić information content (AvgIpc) is 2.22. The Kier molecular flexibility index (Phi) is 4.28. The van der Waals surface area contributed by atoms with E-state index in [1.165, 1.54) is 0 Å². The maximum absolute atomic E-state index is 11.6. The molecule has 3 N–H and O–H groups in total. The van der Waals surface area contributed by atoms with Crippen molar-refractivity contribution < 1.29 is 8.42 Å². The van der Waals surface area contributed by atoms with Gasteiger partial charge in [0.25, 0.3) is 0 Å². The number of hydrogen-bond acceptors (Lipinski definition) is 6. The zero-order valence-electron chi connectivity index (χ0n) is 10.3. The third kappa shape index (κ3) is 3.85. The van der Waals surface area contributed by atoms with Gasteiger partial charge in [-0.25, -0.2) is 13.4 Å². The Morgan fingerprint density at radius 1 is 1.47 bits per heavy atom. The van der Waals surface area contributed by atoms with Gasteiger partial charge in [0.05, 0.1) is 11.0 Å². The minimum atomic E-state index is -3.03. The Balaban J connectivity index is 2.60.